The van der Waals surface area contributed by atoms with Crippen molar-refractivity contribution in [3.63, 3.8) is 0 Å². The van der Waals surface area contributed by atoms with E-state index in [-0.39, 0.29) is 18.3 Å². The van der Waals surface area contributed by atoms with Gasteiger partial charge in [-0.25, -0.2) is 4.79 Å². The van der Waals surface area contributed by atoms with E-state index in [2.05, 4.69) is 34.3 Å². The molecular weight excluding hydrogens is 758 g/mol. The summed E-state index contributed by atoms with van der Waals surface area (Å²) in [4.78, 5) is 23.2. The predicted octanol–water partition coefficient (Wildman–Crippen LogP) is 3.66. The van der Waals surface area contributed by atoms with E-state index in [1.54, 1.807) is 0 Å². The SMILES string of the molecule is COC(=O)CCOCCOCCOCCOCCOCCOCCOCCOCCOCCOCCOCCCNC(=O)OCC1c2ccccc2-c2ccccc21. The molecular formula is C42H65NO15. The Balaban J connectivity index is 0.930. The Bertz CT molecular complexity index is 1270. The van der Waals surface area contributed by atoms with Gasteiger partial charge in [-0.1, -0.05) is 48.5 Å². The van der Waals surface area contributed by atoms with E-state index in [0.717, 1.165) is 0 Å². The minimum Gasteiger partial charge on any atom is -0.469 e. The average Bonchev–Trinajstić information content (AvgIpc) is 3.57. The number of carbonyl (C=O) groups excluding carboxylic acids is 2. The first kappa shape index (κ1) is 49.1. The van der Waals surface area contributed by atoms with Crippen molar-refractivity contribution in [1.82, 2.24) is 5.32 Å². The summed E-state index contributed by atoms with van der Waals surface area (Å²) in [6.45, 7) is 11.1. The molecule has 0 atom stereocenters. The first-order chi connectivity index (χ1) is 28.7. The van der Waals surface area contributed by atoms with Crippen molar-refractivity contribution in [1.29, 1.82) is 0 Å². The van der Waals surface area contributed by atoms with Gasteiger partial charge in [0.05, 0.1) is 152 Å². The van der Waals surface area contributed by atoms with Crippen LogP contribution in [0, 0.1) is 0 Å². The molecule has 1 aliphatic carbocycles. The molecule has 2 aromatic rings. The minimum absolute atomic E-state index is 0.0456. The van der Waals surface area contributed by atoms with Crippen LogP contribution < -0.4 is 5.32 Å². The third-order valence-electron chi connectivity index (χ3n) is 8.48. The van der Waals surface area contributed by atoms with E-state index in [0.29, 0.717) is 165 Å². The summed E-state index contributed by atoms with van der Waals surface area (Å²) in [7, 11) is 1.35. The van der Waals surface area contributed by atoms with E-state index in [4.69, 9.17) is 56.8 Å². The fourth-order valence-corrected chi connectivity index (χ4v) is 5.57. The zero-order chi connectivity index (χ0) is 41.0. The van der Waals surface area contributed by atoms with Crippen molar-refractivity contribution in [2.24, 2.45) is 0 Å². The van der Waals surface area contributed by atoms with Crippen molar-refractivity contribution >= 4 is 12.1 Å². The summed E-state index contributed by atoms with van der Waals surface area (Å²) in [6.07, 6.45) is 0.500. The molecule has 0 heterocycles. The van der Waals surface area contributed by atoms with Crippen molar-refractivity contribution in [2.45, 2.75) is 18.8 Å². The van der Waals surface area contributed by atoms with Gasteiger partial charge in [-0.2, -0.15) is 0 Å². The number of hydrogen-bond acceptors (Lipinski definition) is 15. The lowest BCUT2D eigenvalue weighted by Gasteiger charge is -2.14. The van der Waals surface area contributed by atoms with Gasteiger partial charge in [-0.15, -0.1) is 0 Å². The fraction of sp³-hybridized carbons (Fsp3) is 0.667. The van der Waals surface area contributed by atoms with Gasteiger partial charge < -0.3 is 66.9 Å². The van der Waals surface area contributed by atoms with E-state index >= 15 is 0 Å². The van der Waals surface area contributed by atoms with Gasteiger partial charge in [0.1, 0.15) is 6.61 Å². The molecule has 1 amide bonds. The van der Waals surface area contributed by atoms with Crippen molar-refractivity contribution in [2.75, 3.05) is 166 Å². The van der Waals surface area contributed by atoms with Gasteiger partial charge in [-0.3, -0.25) is 4.79 Å². The van der Waals surface area contributed by atoms with Gasteiger partial charge in [0.15, 0.2) is 0 Å². The van der Waals surface area contributed by atoms with Gasteiger partial charge in [0.25, 0.3) is 0 Å². The van der Waals surface area contributed by atoms with Crippen LogP contribution >= 0.6 is 0 Å². The molecule has 0 saturated carbocycles. The van der Waals surface area contributed by atoms with E-state index in [1.807, 2.05) is 24.3 Å². The second kappa shape index (κ2) is 34.6. The highest BCUT2D eigenvalue weighted by molar-refractivity contribution is 5.79. The molecule has 16 nitrogen and oxygen atoms in total. The van der Waals surface area contributed by atoms with Gasteiger partial charge in [0, 0.05) is 19.1 Å². The fourth-order valence-electron chi connectivity index (χ4n) is 5.57. The maximum Gasteiger partial charge on any atom is 0.407 e. The zero-order valence-electron chi connectivity index (χ0n) is 34.2. The first-order valence-corrected chi connectivity index (χ1v) is 20.2. The second-order valence-electron chi connectivity index (χ2n) is 12.7. The van der Waals surface area contributed by atoms with Crippen LogP contribution in [0.4, 0.5) is 4.79 Å². The third-order valence-corrected chi connectivity index (χ3v) is 8.48. The summed E-state index contributed by atoms with van der Waals surface area (Å²) in [5.41, 5.74) is 4.80. The Labute approximate surface area is 343 Å². The number of carbonyl (C=O) groups is 2. The van der Waals surface area contributed by atoms with Crippen LogP contribution in [0.5, 0.6) is 0 Å². The Morgan fingerprint density at radius 3 is 1.16 bits per heavy atom. The zero-order valence-corrected chi connectivity index (χ0v) is 34.2. The lowest BCUT2D eigenvalue weighted by molar-refractivity contribution is -0.141. The van der Waals surface area contributed by atoms with Gasteiger partial charge in [-0.05, 0) is 28.7 Å². The molecule has 3 rings (SSSR count). The number of nitrogens with one attached hydrogen (secondary N) is 1. The number of amides is 1. The molecule has 0 spiro atoms. The van der Waals surface area contributed by atoms with Crippen LogP contribution in [0.25, 0.3) is 11.1 Å². The lowest BCUT2D eigenvalue weighted by atomic mass is 9.98. The topological polar surface area (TPSA) is 166 Å². The second-order valence-corrected chi connectivity index (χ2v) is 12.7. The summed E-state index contributed by atoms with van der Waals surface area (Å²) in [5.74, 6) is -0.244. The number of esters is 1. The molecule has 0 aliphatic heterocycles. The molecule has 1 aliphatic rings. The van der Waals surface area contributed by atoms with Gasteiger partial charge in [0.2, 0.25) is 0 Å². The van der Waals surface area contributed by atoms with Crippen LogP contribution in [-0.2, 0) is 66.4 Å². The maximum atomic E-state index is 12.3. The number of alkyl carbamates (subject to hydrolysis) is 1. The molecule has 328 valence electrons. The summed E-state index contributed by atoms with van der Waals surface area (Å²) in [5, 5.41) is 2.80. The number of benzene rings is 2. The number of ether oxygens (including phenoxy) is 13. The van der Waals surface area contributed by atoms with Crippen LogP contribution in [0.2, 0.25) is 0 Å². The van der Waals surface area contributed by atoms with E-state index < -0.39 is 6.09 Å². The van der Waals surface area contributed by atoms with E-state index in [1.165, 1.54) is 29.4 Å². The third kappa shape index (κ3) is 23.4. The highest BCUT2D eigenvalue weighted by atomic mass is 16.6. The van der Waals surface area contributed by atoms with Crippen molar-refractivity contribution in [3.8, 4) is 11.1 Å². The molecule has 0 aromatic heterocycles. The van der Waals surface area contributed by atoms with Gasteiger partial charge >= 0.3 is 12.1 Å². The largest absolute Gasteiger partial charge is 0.469 e. The van der Waals surface area contributed by atoms with Crippen molar-refractivity contribution < 1.29 is 71.2 Å². The minimum atomic E-state index is -0.419. The van der Waals surface area contributed by atoms with Crippen LogP contribution in [-0.4, -0.2) is 178 Å². The number of methoxy groups -OCH3 is 1. The quantitative estimate of drug-likeness (QED) is 0.0767. The number of hydrogen-bond donors (Lipinski definition) is 1. The molecule has 0 radical (unpaired) electrons. The Morgan fingerprint density at radius 1 is 0.466 bits per heavy atom. The molecule has 0 bridgehead atoms. The molecule has 0 saturated heterocycles. The highest BCUT2D eigenvalue weighted by Crippen LogP contribution is 2.44. The molecule has 1 N–H and O–H groups in total. The predicted molar refractivity (Wildman–Crippen MR) is 213 cm³/mol. The molecule has 58 heavy (non-hydrogen) atoms. The first-order valence-electron chi connectivity index (χ1n) is 20.2. The Morgan fingerprint density at radius 2 is 0.793 bits per heavy atom. The summed E-state index contributed by atoms with van der Waals surface area (Å²) < 4.78 is 70.2. The van der Waals surface area contributed by atoms with Crippen molar-refractivity contribution in [3.05, 3.63) is 59.7 Å². The smallest absolute Gasteiger partial charge is 0.407 e. The monoisotopic (exact) mass is 823 g/mol. The summed E-state index contributed by atoms with van der Waals surface area (Å²) in [6, 6.07) is 16.6. The van der Waals surface area contributed by atoms with Crippen LogP contribution in [0.1, 0.15) is 29.9 Å². The van der Waals surface area contributed by atoms with Crippen LogP contribution in [0.15, 0.2) is 48.5 Å². The standard InChI is InChI=1S/C42H65NO15/c1-46-41(44)11-14-48-16-18-50-20-22-52-24-26-54-28-30-56-32-34-57-33-31-55-29-27-53-25-23-51-21-19-49-17-15-47-13-6-12-43-42(45)58-35-40-38-9-4-2-7-36(38)37-8-3-5-10-39(37)40/h2-5,7-10,40H,6,11-35H2,1H3,(H,43,45). The maximum absolute atomic E-state index is 12.3. The van der Waals surface area contributed by atoms with E-state index in [9.17, 15) is 9.59 Å². The molecule has 0 fully saturated rings. The Hall–Kier alpha value is -3.26. The molecule has 2 aromatic carbocycles. The number of fused-ring (bicyclic) bond motifs is 3. The normalized spacial score (nSPS) is 12.1. The lowest BCUT2D eigenvalue weighted by Crippen LogP contribution is -2.27. The Kier molecular flexibility index (Phi) is 29.3. The van der Waals surface area contributed by atoms with Crippen LogP contribution in [0.3, 0.4) is 0 Å². The summed E-state index contributed by atoms with van der Waals surface area (Å²) >= 11 is 0. The average molecular weight is 824 g/mol. The number of rotatable bonds is 39. The molecule has 0 unspecified atom stereocenters. The highest BCUT2D eigenvalue weighted by Gasteiger charge is 2.29. The molecule has 16 heteroatoms.